The monoisotopic (exact) mass is 288 g/mol. The van der Waals surface area contributed by atoms with Crippen LogP contribution in [0, 0.1) is 0 Å². The quantitative estimate of drug-likeness (QED) is 0.896. The Bertz CT molecular complexity index is 442. The van der Waals surface area contributed by atoms with E-state index in [1.165, 1.54) is 30.6 Å². The Hall–Kier alpha value is -0.860. The zero-order chi connectivity index (χ0) is 15.6. The number of likely N-dealkylation sites (tertiary alicyclic amines) is 1. The van der Waals surface area contributed by atoms with E-state index in [0.29, 0.717) is 18.1 Å². The molecule has 2 atom stereocenters. The van der Waals surface area contributed by atoms with Crippen LogP contribution in [0.15, 0.2) is 24.3 Å². The molecular formula is C19H32N2. The summed E-state index contributed by atoms with van der Waals surface area (Å²) in [4.78, 5) is 2.56. The summed E-state index contributed by atoms with van der Waals surface area (Å²) in [6.07, 6.45) is 1.27. The molecule has 0 saturated carbocycles. The van der Waals surface area contributed by atoms with Crippen LogP contribution in [0.25, 0.3) is 0 Å². The van der Waals surface area contributed by atoms with E-state index in [1.54, 1.807) is 0 Å². The molecule has 1 saturated heterocycles. The first kappa shape index (κ1) is 16.5. The van der Waals surface area contributed by atoms with Crippen molar-refractivity contribution in [3.63, 3.8) is 0 Å². The maximum Gasteiger partial charge on any atom is 0.0294 e. The van der Waals surface area contributed by atoms with Crippen molar-refractivity contribution in [3.05, 3.63) is 35.4 Å². The van der Waals surface area contributed by atoms with Gasteiger partial charge in [0.25, 0.3) is 0 Å². The standard InChI is InChI=1S/C19H32N2/c1-14(2)21-12-11-18(13-21)20-15(3)16-7-9-17(10-8-16)19(4,5)6/h7-10,14-15,18,20H,11-13H2,1-6H3. The van der Waals surface area contributed by atoms with Crippen molar-refractivity contribution in [2.24, 2.45) is 0 Å². The average molecular weight is 288 g/mol. The van der Waals surface area contributed by atoms with Crippen LogP contribution in [0.1, 0.15) is 65.1 Å². The summed E-state index contributed by atoms with van der Waals surface area (Å²) < 4.78 is 0. The molecule has 0 bridgehead atoms. The Morgan fingerprint density at radius 3 is 2.19 bits per heavy atom. The van der Waals surface area contributed by atoms with Crippen molar-refractivity contribution in [1.82, 2.24) is 10.2 Å². The van der Waals surface area contributed by atoms with Crippen molar-refractivity contribution >= 4 is 0 Å². The Kier molecular flexibility index (Phi) is 5.11. The zero-order valence-corrected chi connectivity index (χ0v) is 14.6. The van der Waals surface area contributed by atoms with E-state index in [2.05, 4.69) is 76.0 Å². The Labute approximate surface area is 130 Å². The number of hydrogen-bond donors (Lipinski definition) is 1. The number of benzene rings is 1. The summed E-state index contributed by atoms with van der Waals surface area (Å²) in [5.74, 6) is 0. The van der Waals surface area contributed by atoms with Gasteiger partial charge in [-0.2, -0.15) is 0 Å². The first-order valence-corrected chi connectivity index (χ1v) is 8.38. The molecule has 1 aromatic carbocycles. The molecule has 0 spiro atoms. The Balaban J connectivity index is 1.93. The largest absolute Gasteiger partial charge is 0.306 e. The fourth-order valence-electron chi connectivity index (χ4n) is 3.11. The highest BCUT2D eigenvalue weighted by atomic mass is 15.2. The van der Waals surface area contributed by atoms with Gasteiger partial charge in [0.15, 0.2) is 0 Å². The summed E-state index contributed by atoms with van der Waals surface area (Å²) in [7, 11) is 0. The molecular weight excluding hydrogens is 256 g/mol. The minimum Gasteiger partial charge on any atom is -0.306 e. The summed E-state index contributed by atoms with van der Waals surface area (Å²) >= 11 is 0. The molecule has 2 heteroatoms. The van der Waals surface area contributed by atoms with Crippen molar-refractivity contribution in [3.8, 4) is 0 Å². The highest BCUT2D eigenvalue weighted by molar-refractivity contribution is 5.29. The molecule has 21 heavy (non-hydrogen) atoms. The minimum absolute atomic E-state index is 0.235. The van der Waals surface area contributed by atoms with Crippen LogP contribution in [-0.2, 0) is 5.41 Å². The molecule has 1 N–H and O–H groups in total. The Morgan fingerprint density at radius 1 is 1.10 bits per heavy atom. The van der Waals surface area contributed by atoms with Crippen LogP contribution in [0.2, 0.25) is 0 Å². The van der Waals surface area contributed by atoms with Crippen LogP contribution in [0.3, 0.4) is 0 Å². The number of nitrogens with one attached hydrogen (secondary N) is 1. The van der Waals surface area contributed by atoms with E-state index in [0.717, 1.165) is 0 Å². The Morgan fingerprint density at radius 2 is 1.71 bits per heavy atom. The van der Waals surface area contributed by atoms with E-state index in [9.17, 15) is 0 Å². The topological polar surface area (TPSA) is 15.3 Å². The lowest BCUT2D eigenvalue weighted by Crippen LogP contribution is -2.36. The van der Waals surface area contributed by atoms with E-state index in [1.807, 2.05) is 0 Å². The van der Waals surface area contributed by atoms with Gasteiger partial charge in [-0.05, 0) is 50.3 Å². The first-order chi connectivity index (χ1) is 9.77. The van der Waals surface area contributed by atoms with E-state index >= 15 is 0 Å². The third-order valence-corrected chi connectivity index (χ3v) is 4.71. The van der Waals surface area contributed by atoms with Gasteiger partial charge in [0.2, 0.25) is 0 Å². The van der Waals surface area contributed by atoms with Gasteiger partial charge in [-0.25, -0.2) is 0 Å². The second kappa shape index (κ2) is 6.50. The number of nitrogens with zero attached hydrogens (tertiary/aromatic N) is 1. The summed E-state index contributed by atoms with van der Waals surface area (Å²) in [6.45, 7) is 16.1. The highest BCUT2D eigenvalue weighted by Crippen LogP contribution is 2.24. The molecule has 0 aliphatic carbocycles. The molecule has 1 aliphatic heterocycles. The van der Waals surface area contributed by atoms with Crippen molar-refractivity contribution in [2.75, 3.05) is 13.1 Å². The third kappa shape index (κ3) is 4.31. The number of rotatable bonds is 4. The van der Waals surface area contributed by atoms with Crippen LogP contribution in [0.5, 0.6) is 0 Å². The molecule has 0 aromatic heterocycles. The maximum absolute atomic E-state index is 3.80. The normalized spacial score (nSPS) is 22.0. The highest BCUT2D eigenvalue weighted by Gasteiger charge is 2.25. The summed E-state index contributed by atoms with van der Waals surface area (Å²) in [5.41, 5.74) is 3.04. The van der Waals surface area contributed by atoms with Gasteiger partial charge in [0, 0.05) is 24.7 Å². The predicted octanol–water partition coefficient (Wildman–Crippen LogP) is 4.12. The van der Waals surface area contributed by atoms with Crippen molar-refractivity contribution in [2.45, 2.75) is 71.5 Å². The number of hydrogen-bond acceptors (Lipinski definition) is 2. The molecule has 2 unspecified atom stereocenters. The van der Waals surface area contributed by atoms with Crippen LogP contribution < -0.4 is 5.32 Å². The lowest BCUT2D eigenvalue weighted by molar-refractivity contribution is 0.266. The van der Waals surface area contributed by atoms with Gasteiger partial charge < -0.3 is 5.32 Å². The van der Waals surface area contributed by atoms with Gasteiger partial charge in [-0.1, -0.05) is 45.0 Å². The maximum atomic E-state index is 3.80. The molecule has 1 fully saturated rings. The lowest BCUT2D eigenvalue weighted by atomic mass is 9.86. The van der Waals surface area contributed by atoms with E-state index < -0.39 is 0 Å². The second-order valence-electron chi connectivity index (χ2n) is 7.83. The van der Waals surface area contributed by atoms with Gasteiger partial charge in [0.05, 0.1) is 0 Å². The van der Waals surface area contributed by atoms with Crippen LogP contribution in [-0.4, -0.2) is 30.1 Å². The molecule has 1 heterocycles. The van der Waals surface area contributed by atoms with Crippen molar-refractivity contribution < 1.29 is 0 Å². The molecule has 1 aliphatic rings. The molecule has 2 nitrogen and oxygen atoms in total. The summed E-state index contributed by atoms with van der Waals surface area (Å²) in [5, 5.41) is 3.80. The smallest absolute Gasteiger partial charge is 0.0294 e. The van der Waals surface area contributed by atoms with Crippen LogP contribution in [0.4, 0.5) is 0 Å². The van der Waals surface area contributed by atoms with E-state index in [4.69, 9.17) is 0 Å². The molecule has 1 aromatic rings. The zero-order valence-electron chi connectivity index (χ0n) is 14.6. The molecule has 0 radical (unpaired) electrons. The SMILES string of the molecule is CC(NC1CCN(C(C)C)C1)c1ccc(C(C)(C)C)cc1. The van der Waals surface area contributed by atoms with E-state index in [-0.39, 0.29) is 5.41 Å². The molecule has 2 rings (SSSR count). The van der Waals surface area contributed by atoms with Gasteiger partial charge >= 0.3 is 0 Å². The fraction of sp³-hybridized carbons (Fsp3) is 0.684. The molecule has 118 valence electrons. The fourth-order valence-corrected chi connectivity index (χ4v) is 3.11. The first-order valence-electron chi connectivity index (χ1n) is 8.38. The minimum atomic E-state index is 0.235. The summed E-state index contributed by atoms with van der Waals surface area (Å²) in [6, 6.07) is 10.9. The van der Waals surface area contributed by atoms with Crippen molar-refractivity contribution in [1.29, 1.82) is 0 Å². The van der Waals surface area contributed by atoms with Gasteiger partial charge in [0.1, 0.15) is 0 Å². The third-order valence-electron chi connectivity index (χ3n) is 4.71. The van der Waals surface area contributed by atoms with Crippen LogP contribution >= 0.6 is 0 Å². The predicted molar refractivity (Wildman–Crippen MR) is 91.8 cm³/mol. The lowest BCUT2D eigenvalue weighted by Gasteiger charge is -2.24. The average Bonchev–Trinajstić information content (AvgIpc) is 2.86. The second-order valence-corrected chi connectivity index (χ2v) is 7.83. The molecule has 0 amide bonds. The van der Waals surface area contributed by atoms with Gasteiger partial charge in [-0.3, -0.25) is 4.90 Å². The van der Waals surface area contributed by atoms with Gasteiger partial charge in [-0.15, -0.1) is 0 Å².